The van der Waals surface area contributed by atoms with E-state index in [2.05, 4.69) is 15.9 Å². The van der Waals surface area contributed by atoms with Crippen LogP contribution in [0.2, 0.25) is 0 Å². The molecule has 0 aliphatic carbocycles. The number of rotatable bonds is 0. The smallest absolute Gasteiger partial charge is 0.235 e. The quantitative estimate of drug-likeness (QED) is 0.503. The van der Waals surface area contributed by atoms with Gasteiger partial charge in [-0.3, -0.25) is 0 Å². The molecule has 2 aromatic rings. The molecule has 11 heavy (non-hydrogen) atoms. The maximum atomic E-state index is 11.1. The Hall–Kier alpha value is -0.610. The number of halogens is 1. The summed E-state index contributed by atoms with van der Waals surface area (Å²) in [5, 5.41) is 13.0. The molecule has 4 heteroatoms. The van der Waals surface area contributed by atoms with Crippen LogP contribution in [-0.2, 0) is 0 Å². The number of fused-ring (bicyclic) bond motifs is 1. The number of nitrogens with zero attached hydrogens (tertiary/aromatic N) is 1. The maximum absolute atomic E-state index is 11.1. The third-order valence-corrected chi connectivity index (χ3v) is 3.32. The minimum atomic E-state index is 0.726. The van der Waals surface area contributed by atoms with Gasteiger partial charge in [-0.15, -0.1) is 11.3 Å². The number of aromatic nitrogens is 1. The van der Waals surface area contributed by atoms with Crippen molar-refractivity contribution in [1.29, 1.82) is 0 Å². The molecule has 0 bridgehead atoms. The van der Waals surface area contributed by atoms with Gasteiger partial charge in [0, 0.05) is 16.6 Å². The van der Waals surface area contributed by atoms with Gasteiger partial charge in [0.25, 0.3) is 0 Å². The molecule has 0 amide bonds. The molecule has 2 heterocycles. The third kappa shape index (κ3) is 1.02. The number of thiophene rings is 1. The molecule has 0 unspecified atom stereocenters. The lowest BCUT2D eigenvalue weighted by atomic mass is 10.4. The summed E-state index contributed by atoms with van der Waals surface area (Å²) in [5.41, 5.74) is 0.726. The number of hydrogen-bond donors (Lipinski definition) is 0. The van der Waals surface area contributed by atoms with Gasteiger partial charge in [0.05, 0.1) is 0 Å². The van der Waals surface area contributed by atoms with Gasteiger partial charge in [-0.2, -0.15) is 4.73 Å². The van der Waals surface area contributed by atoms with E-state index < -0.39 is 0 Å². The molecule has 0 fully saturated rings. The van der Waals surface area contributed by atoms with Crippen LogP contribution in [0, 0.1) is 5.21 Å². The first-order valence-electron chi connectivity index (χ1n) is 3.04. The minimum Gasteiger partial charge on any atom is -0.618 e. The molecule has 56 valence electrons. The van der Waals surface area contributed by atoms with E-state index in [0.717, 1.165) is 19.4 Å². The Morgan fingerprint density at radius 2 is 2.27 bits per heavy atom. The van der Waals surface area contributed by atoms with E-state index in [4.69, 9.17) is 0 Å². The molecule has 2 rings (SSSR count). The summed E-state index contributed by atoms with van der Waals surface area (Å²) < 4.78 is 2.86. The molecule has 0 aromatic carbocycles. The zero-order chi connectivity index (χ0) is 7.84. The largest absolute Gasteiger partial charge is 0.618 e. The molecule has 0 radical (unpaired) electrons. The van der Waals surface area contributed by atoms with Gasteiger partial charge in [-0.25, -0.2) is 0 Å². The predicted octanol–water partition coefficient (Wildman–Crippen LogP) is 2.30. The molecular formula is C7H4BrNOS. The van der Waals surface area contributed by atoms with Crippen molar-refractivity contribution in [3.63, 3.8) is 0 Å². The van der Waals surface area contributed by atoms with E-state index in [1.807, 2.05) is 11.4 Å². The molecule has 2 nitrogen and oxygen atoms in total. The van der Waals surface area contributed by atoms with Crippen LogP contribution in [0.25, 0.3) is 10.2 Å². The lowest BCUT2D eigenvalue weighted by Crippen LogP contribution is -2.25. The second kappa shape index (κ2) is 2.46. The number of pyridine rings is 1. The first-order valence-corrected chi connectivity index (χ1v) is 4.71. The van der Waals surface area contributed by atoms with Crippen molar-refractivity contribution in [2.45, 2.75) is 0 Å². The lowest BCUT2D eigenvalue weighted by Gasteiger charge is -1.96. The van der Waals surface area contributed by atoms with Crippen LogP contribution in [0.15, 0.2) is 28.2 Å². The van der Waals surface area contributed by atoms with Crippen molar-refractivity contribution in [2.75, 3.05) is 0 Å². The maximum Gasteiger partial charge on any atom is 0.235 e. The van der Waals surface area contributed by atoms with Crippen molar-refractivity contribution < 1.29 is 4.73 Å². The van der Waals surface area contributed by atoms with Crippen molar-refractivity contribution in [1.82, 2.24) is 0 Å². The second-order valence-corrected chi connectivity index (χ2v) is 3.89. The molecule has 2 aromatic heterocycles. The van der Waals surface area contributed by atoms with Crippen molar-refractivity contribution in [3.8, 4) is 0 Å². The molecule has 0 N–H and O–H groups in total. The highest BCUT2D eigenvalue weighted by atomic mass is 79.9. The van der Waals surface area contributed by atoms with Crippen LogP contribution in [0.4, 0.5) is 0 Å². The van der Waals surface area contributed by atoms with Gasteiger partial charge in [0.2, 0.25) is 5.52 Å². The summed E-state index contributed by atoms with van der Waals surface area (Å²) in [6.45, 7) is 0. The fourth-order valence-corrected chi connectivity index (χ4v) is 2.34. The van der Waals surface area contributed by atoms with E-state index in [0.29, 0.717) is 0 Å². The average Bonchev–Trinajstić information content (AvgIpc) is 2.45. The van der Waals surface area contributed by atoms with Crippen LogP contribution >= 0.6 is 27.3 Å². The fraction of sp³-hybridized carbons (Fsp3) is 0. The van der Waals surface area contributed by atoms with Gasteiger partial charge in [0.1, 0.15) is 4.70 Å². The Morgan fingerprint density at radius 3 is 3.00 bits per heavy atom. The minimum absolute atomic E-state index is 0.726. The van der Waals surface area contributed by atoms with Gasteiger partial charge in [0.15, 0.2) is 6.20 Å². The van der Waals surface area contributed by atoms with E-state index in [1.54, 1.807) is 17.4 Å². The first-order chi connectivity index (χ1) is 5.29. The second-order valence-electron chi connectivity index (χ2n) is 2.12. The zero-order valence-corrected chi connectivity index (χ0v) is 7.85. The van der Waals surface area contributed by atoms with Crippen molar-refractivity contribution >= 4 is 37.5 Å². The van der Waals surface area contributed by atoms with E-state index >= 15 is 0 Å². The normalized spacial score (nSPS) is 10.6. The SMILES string of the molecule is [O-][n+]1ccc(Br)c2sccc21. The van der Waals surface area contributed by atoms with Crippen LogP contribution in [0.3, 0.4) is 0 Å². The molecule has 0 aliphatic rings. The highest BCUT2D eigenvalue weighted by molar-refractivity contribution is 9.10. The van der Waals surface area contributed by atoms with E-state index in [9.17, 15) is 5.21 Å². The highest BCUT2D eigenvalue weighted by Gasteiger charge is 2.06. The Bertz CT molecular complexity index is 362. The highest BCUT2D eigenvalue weighted by Crippen LogP contribution is 2.25. The topological polar surface area (TPSA) is 26.9 Å². The van der Waals surface area contributed by atoms with Gasteiger partial charge in [-0.05, 0) is 21.3 Å². The van der Waals surface area contributed by atoms with Crippen molar-refractivity contribution in [2.24, 2.45) is 0 Å². The molecule has 0 saturated carbocycles. The molecule has 0 spiro atoms. The Labute approximate surface area is 75.8 Å². The summed E-state index contributed by atoms with van der Waals surface area (Å²) in [6.07, 6.45) is 1.50. The summed E-state index contributed by atoms with van der Waals surface area (Å²) in [5.74, 6) is 0. The molecule has 0 saturated heterocycles. The zero-order valence-electron chi connectivity index (χ0n) is 5.45. The van der Waals surface area contributed by atoms with Crippen LogP contribution < -0.4 is 4.73 Å². The summed E-state index contributed by atoms with van der Waals surface area (Å²) in [4.78, 5) is 0. The van der Waals surface area contributed by atoms with Gasteiger partial charge < -0.3 is 5.21 Å². The molecular weight excluding hydrogens is 226 g/mol. The number of hydrogen-bond acceptors (Lipinski definition) is 2. The fourth-order valence-electron chi connectivity index (χ4n) is 0.944. The lowest BCUT2D eigenvalue weighted by molar-refractivity contribution is -0.576. The Kier molecular flexibility index (Phi) is 1.58. The molecule has 0 aliphatic heterocycles. The van der Waals surface area contributed by atoms with E-state index in [1.165, 1.54) is 6.20 Å². The van der Waals surface area contributed by atoms with E-state index in [-0.39, 0.29) is 0 Å². The Balaban J connectivity index is 2.96. The summed E-state index contributed by atoms with van der Waals surface area (Å²) in [6, 6.07) is 3.57. The van der Waals surface area contributed by atoms with Gasteiger partial charge in [-0.1, -0.05) is 0 Å². The van der Waals surface area contributed by atoms with Crippen LogP contribution in [0.1, 0.15) is 0 Å². The molecule has 0 atom stereocenters. The summed E-state index contributed by atoms with van der Waals surface area (Å²) >= 11 is 4.93. The van der Waals surface area contributed by atoms with Crippen LogP contribution in [-0.4, -0.2) is 0 Å². The monoisotopic (exact) mass is 229 g/mol. The summed E-state index contributed by atoms with van der Waals surface area (Å²) in [7, 11) is 0. The van der Waals surface area contributed by atoms with Crippen molar-refractivity contribution in [3.05, 3.63) is 33.4 Å². The standard InChI is InChI=1S/C7H4BrNOS/c8-5-1-3-9(10)6-2-4-11-7(5)6/h1-4H. The van der Waals surface area contributed by atoms with Crippen LogP contribution in [0.5, 0.6) is 0 Å². The third-order valence-electron chi connectivity index (χ3n) is 1.46. The predicted molar refractivity (Wildman–Crippen MR) is 48.5 cm³/mol. The Morgan fingerprint density at radius 1 is 1.45 bits per heavy atom. The van der Waals surface area contributed by atoms with Gasteiger partial charge >= 0.3 is 0 Å². The average molecular weight is 230 g/mol. The first kappa shape index (κ1) is 7.06.